The van der Waals surface area contributed by atoms with Gasteiger partial charge in [-0.1, -0.05) is 42.5 Å². The fourth-order valence-corrected chi connectivity index (χ4v) is 4.99. The average molecular weight is 503 g/mol. The molecule has 1 aliphatic rings. The van der Waals surface area contributed by atoms with Crippen molar-refractivity contribution >= 4 is 23.5 Å². The van der Waals surface area contributed by atoms with Crippen LogP contribution in [0.15, 0.2) is 48.5 Å². The fraction of sp³-hybridized carbons (Fsp3) is 0.357. The first-order valence-electron chi connectivity index (χ1n) is 12.5. The van der Waals surface area contributed by atoms with Crippen molar-refractivity contribution in [2.75, 3.05) is 19.8 Å². The van der Waals surface area contributed by atoms with Gasteiger partial charge in [0.2, 0.25) is 5.91 Å². The molecule has 0 spiro atoms. The summed E-state index contributed by atoms with van der Waals surface area (Å²) in [6, 6.07) is 14.9. The predicted octanol–water partition coefficient (Wildman–Crippen LogP) is 3.29. The molecule has 9 nitrogen and oxygen atoms in total. The number of nitrogens with zero attached hydrogens (tertiary/aromatic N) is 3. The molecule has 9 heteroatoms. The number of rotatable bonds is 7. The highest BCUT2D eigenvalue weighted by Gasteiger charge is 2.31. The van der Waals surface area contributed by atoms with Crippen LogP contribution in [0.3, 0.4) is 0 Å². The number of anilines is 1. The summed E-state index contributed by atoms with van der Waals surface area (Å²) >= 11 is 0. The summed E-state index contributed by atoms with van der Waals surface area (Å²) in [5, 5.41) is 7.65. The van der Waals surface area contributed by atoms with Gasteiger partial charge in [0.05, 0.1) is 6.04 Å². The SMILES string of the molecule is Cc1ccccc1C(=O)NCc1ccc(-c2nn(C3CCC(C(=O)N(C)C)CC3)c(N)c2C(N)=O)cc1. The minimum atomic E-state index is -0.634. The summed E-state index contributed by atoms with van der Waals surface area (Å²) in [6.07, 6.45) is 2.97. The fourth-order valence-electron chi connectivity index (χ4n) is 4.99. The van der Waals surface area contributed by atoms with Gasteiger partial charge in [0.15, 0.2) is 0 Å². The van der Waals surface area contributed by atoms with Gasteiger partial charge in [-0.3, -0.25) is 14.4 Å². The first kappa shape index (κ1) is 25.9. The number of amides is 3. The number of nitrogens with one attached hydrogen (secondary N) is 1. The largest absolute Gasteiger partial charge is 0.383 e. The van der Waals surface area contributed by atoms with Gasteiger partial charge in [0.1, 0.15) is 17.1 Å². The maximum atomic E-state index is 12.5. The Hall–Kier alpha value is -4.14. The number of primary amides is 1. The molecule has 194 valence electrons. The molecule has 0 unspecified atom stereocenters. The van der Waals surface area contributed by atoms with Crippen molar-refractivity contribution in [3.05, 3.63) is 70.8 Å². The summed E-state index contributed by atoms with van der Waals surface area (Å²) < 4.78 is 1.70. The number of hydrogen-bond acceptors (Lipinski definition) is 5. The minimum absolute atomic E-state index is 0.00282. The number of aryl methyl sites for hydroxylation is 1. The van der Waals surface area contributed by atoms with E-state index in [1.807, 2.05) is 49.4 Å². The summed E-state index contributed by atoms with van der Waals surface area (Å²) in [6.45, 7) is 2.27. The number of hydrogen-bond donors (Lipinski definition) is 3. The molecular formula is C28H34N6O3. The number of nitrogens with two attached hydrogens (primary N) is 2. The number of aromatic nitrogens is 2. The molecule has 1 aromatic heterocycles. The van der Waals surface area contributed by atoms with Crippen LogP contribution in [0.5, 0.6) is 0 Å². The molecule has 0 radical (unpaired) electrons. The third-order valence-corrected chi connectivity index (χ3v) is 7.10. The van der Waals surface area contributed by atoms with E-state index < -0.39 is 5.91 Å². The van der Waals surface area contributed by atoms with E-state index in [1.165, 1.54) is 0 Å². The van der Waals surface area contributed by atoms with E-state index in [0.29, 0.717) is 23.4 Å². The number of benzene rings is 2. The van der Waals surface area contributed by atoms with E-state index in [-0.39, 0.29) is 35.2 Å². The topological polar surface area (TPSA) is 136 Å². The quantitative estimate of drug-likeness (QED) is 0.455. The second-order valence-electron chi connectivity index (χ2n) is 9.85. The van der Waals surface area contributed by atoms with E-state index in [2.05, 4.69) is 5.32 Å². The molecule has 1 saturated carbocycles. The van der Waals surface area contributed by atoms with Gasteiger partial charge >= 0.3 is 0 Å². The number of carbonyl (C=O) groups excluding carboxylic acids is 3. The molecule has 0 bridgehead atoms. The summed E-state index contributed by atoms with van der Waals surface area (Å²) in [5.41, 5.74) is 15.9. The van der Waals surface area contributed by atoms with Gasteiger partial charge in [-0.25, -0.2) is 4.68 Å². The van der Waals surface area contributed by atoms with E-state index in [0.717, 1.165) is 36.8 Å². The lowest BCUT2D eigenvalue weighted by molar-refractivity contribution is -0.134. The van der Waals surface area contributed by atoms with Gasteiger partial charge in [-0.2, -0.15) is 5.10 Å². The zero-order valence-corrected chi connectivity index (χ0v) is 21.5. The Kier molecular flexibility index (Phi) is 7.61. The van der Waals surface area contributed by atoms with Gasteiger partial charge in [-0.05, 0) is 49.8 Å². The second-order valence-corrected chi connectivity index (χ2v) is 9.85. The molecule has 37 heavy (non-hydrogen) atoms. The standard InChI is InChI=1S/C28H34N6O3/c1-17-6-4-5-7-22(17)27(36)31-16-18-8-10-19(11-9-18)24-23(26(30)35)25(29)34(32-24)21-14-12-20(13-15-21)28(37)33(2)3/h4-11,20-21H,12-16,29H2,1-3H3,(H2,30,35)(H,31,36). The maximum absolute atomic E-state index is 12.5. The van der Waals surface area contributed by atoms with Crippen LogP contribution in [0.2, 0.25) is 0 Å². The molecule has 1 heterocycles. The Morgan fingerprint density at radius 2 is 1.68 bits per heavy atom. The van der Waals surface area contributed by atoms with Crippen molar-refractivity contribution in [1.29, 1.82) is 0 Å². The summed E-state index contributed by atoms with van der Waals surface area (Å²) in [7, 11) is 3.55. The molecule has 2 aromatic carbocycles. The lowest BCUT2D eigenvalue weighted by Crippen LogP contribution is -2.33. The molecular weight excluding hydrogens is 468 g/mol. The Bertz CT molecular complexity index is 1300. The lowest BCUT2D eigenvalue weighted by Gasteiger charge is -2.30. The number of nitrogen functional groups attached to an aromatic ring is 1. The number of carbonyl (C=O) groups is 3. The first-order valence-corrected chi connectivity index (χ1v) is 12.5. The summed E-state index contributed by atoms with van der Waals surface area (Å²) in [5.74, 6) is -0.381. The van der Waals surface area contributed by atoms with Gasteiger partial charge in [0.25, 0.3) is 11.8 Å². The smallest absolute Gasteiger partial charge is 0.254 e. The monoisotopic (exact) mass is 502 g/mol. The first-order chi connectivity index (χ1) is 17.7. The van der Waals surface area contributed by atoms with Crippen LogP contribution in [0.4, 0.5) is 5.82 Å². The molecule has 5 N–H and O–H groups in total. The summed E-state index contributed by atoms with van der Waals surface area (Å²) in [4.78, 5) is 38.8. The van der Waals surface area contributed by atoms with Crippen molar-refractivity contribution < 1.29 is 14.4 Å². The Labute approximate surface area is 216 Å². The Morgan fingerprint density at radius 3 is 2.27 bits per heavy atom. The normalized spacial score (nSPS) is 17.3. The van der Waals surface area contributed by atoms with E-state index in [4.69, 9.17) is 16.6 Å². The van der Waals surface area contributed by atoms with Crippen molar-refractivity contribution in [2.24, 2.45) is 11.7 Å². The molecule has 0 saturated heterocycles. The highest BCUT2D eigenvalue weighted by atomic mass is 16.2. The van der Waals surface area contributed by atoms with Crippen molar-refractivity contribution in [1.82, 2.24) is 20.0 Å². The zero-order chi connectivity index (χ0) is 26.7. The van der Waals surface area contributed by atoms with Crippen molar-refractivity contribution in [2.45, 2.75) is 45.2 Å². The molecule has 1 fully saturated rings. The maximum Gasteiger partial charge on any atom is 0.254 e. The Balaban J connectivity index is 1.49. The second kappa shape index (κ2) is 10.9. The van der Waals surface area contributed by atoms with Crippen molar-refractivity contribution in [3.8, 4) is 11.3 Å². The van der Waals surface area contributed by atoms with E-state index >= 15 is 0 Å². The Morgan fingerprint density at radius 1 is 1.03 bits per heavy atom. The van der Waals surface area contributed by atoms with Crippen molar-refractivity contribution in [3.63, 3.8) is 0 Å². The highest BCUT2D eigenvalue weighted by molar-refractivity contribution is 6.03. The molecule has 3 aromatic rings. The van der Waals surface area contributed by atoms with Crippen LogP contribution in [0.25, 0.3) is 11.3 Å². The molecule has 4 rings (SSSR count). The van der Waals surface area contributed by atoms with Crippen LogP contribution in [-0.2, 0) is 11.3 Å². The van der Waals surface area contributed by atoms with Gasteiger partial charge in [-0.15, -0.1) is 0 Å². The minimum Gasteiger partial charge on any atom is -0.383 e. The van der Waals surface area contributed by atoms with Crippen LogP contribution < -0.4 is 16.8 Å². The van der Waals surface area contributed by atoms with Gasteiger partial charge < -0.3 is 21.7 Å². The molecule has 0 aliphatic heterocycles. The molecule has 3 amide bonds. The molecule has 1 aliphatic carbocycles. The zero-order valence-electron chi connectivity index (χ0n) is 21.5. The highest BCUT2D eigenvalue weighted by Crippen LogP contribution is 2.37. The lowest BCUT2D eigenvalue weighted by atomic mass is 9.85. The van der Waals surface area contributed by atoms with Crippen LogP contribution >= 0.6 is 0 Å². The van der Waals surface area contributed by atoms with Crippen LogP contribution in [0, 0.1) is 12.8 Å². The van der Waals surface area contributed by atoms with Gasteiger partial charge in [0, 0.05) is 37.7 Å². The van der Waals surface area contributed by atoms with Crippen LogP contribution in [0.1, 0.15) is 63.6 Å². The third kappa shape index (κ3) is 5.50. The third-order valence-electron chi connectivity index (χ3n) is 7.10. The van der Waals surface area contributed by atoms with Crippen LogP contribution in [-0.4, -0.2) is 46.5 Å². The van der Waals surface area contributed by atoms with E-state index in [9.17, 15) is 14.4 Å². The average Bonchev–Trinajstić information content (AvgIpc) is 3.24. The molecule has 0 atom stereocenters. The predicted molar refractivity (Wildman–Crippen MR) is 143 cm³/mol. The van der Waals surface area contributed by atoms with E-state index in [1.54, 1.807) is 29.7 Å².